The molecule has 0 atom stereocenters. The molecule has 0 aromatic heterocycles. The molecular weight excluding hydrogens is 380 g/mol. The van der Waals surface area contributed by atoms with Gasteiger partial charge < -0.3 is 14.8 Å². The summed E-state index contributed by atoms with van der Waals surface area (Å²) in [5, 5.41) is 13.7. The van der Waals surface area contributed by atoms with Gasteiger partial charge in [0.25, 0.3) is 11.6 Å². The van der Waals surface area contributed by atoms with Crippen LogP contribution in [0.3, 0.4) is 0 Å². The molecule has 24 heavy (non-hydrogen) atoms. The number of nitrogens with one attached hydrogen (secondary N) is 1. The molecule has 0 radical (unpaired) electrons. The molecule has 0 fully saturated rings. The van der Waals surface area contributed by atoms with Gasteiger partial charge in [0.1, 0.15) is 5.56 Å². The summed E-state index contributed by atoms with van der Waals surface area (Å²) in [6, 6.07) is 9.25. The van der Waals surface area contributed by atoms with Crippen LogP contribution in [-0.4, -0.2) is 25.1 Å². The molecule has 1 N–H and O–H groups in total. The smallest absolute Gasteiger partial charge is 0.282 e. The lowest BCUT2D eigenvalue weighted by Gasteiger charge is -2.12. The van der Waals surface area contributed by atoms with Crippen molar-refractivity contribution in [3.8, 4) is 11.5 Å². The molecule has 0 unspecified atom stereocenters. The predicted molar refractivity (Wildman–Crippen MR) is 91.5 cm³/mol. The molecular formula is C16H15BrN2O5. The van der Waals surface area contributed by atoms with E-state index in [0.717, 1.165) is 10.0 Å². The fraction of sp³-hybridized carbons (Fsp3) is 0.188. The van der Waals surface area contributed by atoms with Crippen molar-refractivity contribution < 1.29 is 19.2 Å². The number of rotatable bonds is 6. The second-order valence-electron chi connectivity index (χ2n) is 4.76. The number of halogens is 1. The van der Waals surface area contributed by atoms with Gasteiger partial charge in [0.2, 0.25) is 0 Å². The van der Waals surface area contributed by atoms with Crippen molar-refractivity contribution in [2.45, 2.75) is 6.54 Å². The summed E-state index contributed by atoms with van der Waals surface area (Å²) in [6.07, 6.45) is 0. The number of nitro groups is 1. The Kier molecular flexibility index (Phi) is 5.75. The lowest BCUT2D eigenvalue weighted by molar-refractivity contribution is -0.385. The molecule has 2 aromatic rings. The molecule has 0 bridgehead atoms. The SMILES string of the molecule is COc1cc(Br)c(CNC(=O)c2ccccc2[N+](=O)[O-])cc1OC. The van der Waals surface area contributed by atoms with Crippen molar-refractivity contribution in [2.24, 2.45) is 0 Å². The fourth-order valence-corrected chi connectivity index (χ4v) is 2.59. The van der Waals surface area contributed by atoms with Gasteiger partial charge in [0, 0.05) is 17.1 Å². The first kappa shape index (κ1) is 17.7. The van der Waals surface area contributed by atoms with Crippen molar-refractivity contribution in [3.63, 3.8) is 0 Å². The van der Waals surface area contributed by atoms with E-state index in [1.807, 2.05) is 0 Å². The van der Waals surface area contributed by atoms with Gasteiger partial charge in [-0.05, 0) is 23.8 Å². The molecule has 2 rings (SSSR count). The standard InChI is InChI=1S/C16H15BrN2O5/c1-23-14-7-10(12(17)8-15(14)24-2)9-18-16(20)11-5-3-4-6-13(11)19(21)22/h3-8H,9H2,1-2H3,(H,18,20). The third-order valence-electron chi connectivity index (χ3n) is 3.34. The Bertz CT molecular complexity index is 779. The maximum atomic E-state index is 12.2. The molecule has 1 amide bonds. The minimum atomic E-state index is -0.582. The quantitative estimate of drug-likeness (QED) is 0.599. The average Bonchev–Trinajstić information content (AvgIpc) is 2.59. The molecule has 126 valence electrons. The Labute approximate surface area is 146 Å². The minimum absolute atomic E-state index is 0.0131. The maximum absolute atomic E-state index is 12.2. The van der Waals surface area contributed by atoms with E-state index >= 15 is 0 Å². The number of carbonyl (C=O) groups excluding carboxylic acids is 1. The molecule has 8 heteroatoms. The summed E-state index contributed by atoms with van der Waals surface area (Å²) < 4.78 is 11.1. The monoisotopic (exact) mass is 394 g/mol. The largest absolute Gasteiger partial charge is 0.493 e. The number of hydrogen-bond acceptors (Lipinski definition) is 5. The van der Waals surface area contributed by atoms with E-state index in [2.05, 4.69) is 21.2 Å². The van der Waals surface area contributed by atoms with Gasteiger partial charge in [-0.15, -0.1) is 0 Å². The van der Waals surface area contributed by atoms with Crippen LogP contribution >= 0.6 is 15.9 Å². The van der Waals surface area contributed by atoms with Gasteiger partial charge in [0.15, 0.2) is 11.5 Å². The van der Waals surface area contributed by atoms with Crippen LogP contribution in [0.5, 0.6) is 11.5 Å². The van der Waals surface area contributed by atoms with Crippen molar-refractivity contribution in [2.75, 3.05) is 14.2 Å². The van der Waals surface area contributed by atoms with Gasteiger partial charge in [-0.2, -0.15) is 0 Å². The van der Waals surface area contributed by atoms with Gasteiger partial charge >= 0.3 is 0 Å². The van der Waals surface area contributed by atoms with Crippen molar-refractivity contribution in [1.29, 1.82) is 0 Å². The molecule has 7 nitrogen and oxygen atoms in total. The second-order valence-corrected chi connectivity index (χ2v) is 5.61. The minimum Gasteiger partial charge on any atom is -0.493 e. The lowest BCUT2D eigenvalue weighted by Crippen LogP contribution is -2.23. The van der Waals surface area contributed by atoms with Crippen molar-refractivity contribution in [3.05, 3.63) is 62.1 Å². The van der Waals surface area contributed by atoms with Gasteiger partial charge in [-0.1, -0.05) is 28.1 Å². The molecule has 0 heterocycles. The number of carbonyl (C=O) groups is 1. The highest BCUT2D eigenvalue weighted by atomic mass is 79.9. The van der Waals surface area contributed by atoms with Crippen LogP contribution < -0.4 is 14.8 Å². The molecule has 0 spiro atoms. The van der Waals surface area contributed by atoms with E-state index in [1.54, 1.807) is 18.2 Å². The Morgan fingerprint density at radius 2 is 1.83 bits per heavy atom. The van der Waals surface area contributed by atoms with Crippen molar-refractivity contribution in [1.82, 2.24) is 5.32 Å². The number of benzene rings is 2. The van der Waals surface area contributed by atoms with E-state index in [-0.39, 0.29) is 17.8 Å². The van der Waals surface area contributed by atoms with E-state index in [9.17, 15) is 14.9 Å². The highest BCUT2D eigenvalue weighted by Crippen LogP contribution is 2.33. The van der Waals surface area contributed by atoms with Gasteiger partial charge in [-0.3, -0.25) is 14.9 Å². The lowest BCUT2D eigenvalue weighted by atomic mass is 10.1. The maximum Gasteiger partial charge on any atom is 0.282 e. The summed E-state index contributed by atoms with van der Waals surface area (Å²) in [6.45, 7) is 0.172. The summed E-state index contributed by atoms with van der Waals surface area (Å²) in [4.78, 5) is 22.7. The summed E-state index contributed by atoms with van der Waals surface area (Å²) in [5.74, 6) is 0.553. The van der Waals surface area contributed by atoms with Crippen LogP contribution in [-0.2, 0) is 6.54 Å². The number of methoxy groups -OCH3 is 2. The molecule has 0 aliphatic rings. The third kappa shape index (κ3) is 3.83. The fourth-order valence-electron chi connectivity index (χ4n) is 2.13. The second kappa shape index (κ2) is 7.78. The van der Waals surface area contributed by atoms with E-state index in [1.165, 1.54) is 32.4 Å². The average molecular weight is 395 g/mol. The highest BCUT2D eigenvalue weighted by molar-refractivity contribution is 9.10. The molecule has 0 aliphatic heterocycles. The van der Waals surface area contributed by atoms with Crippen molar-refractivity contribution >= 4 is 27.5 Å². The number of para-hydroxylation sites is 1. The normalized spacial score (nSPS) is 10.1. The van der Waals surface area contributed by atoms with E-state index in [4.69, 9.17) is 9.47 Å². The van der Waals surface area contributed by atoms with Crippen LogP contribution in [0.15, 0.2) is 40.9 Å². The summed E-state index contributed by atoms with van der Waals surface area (Å²) in [5.41, 5.74) is 0.528. The van der Waals surface area contributed by atoms with Gasteiger partial charge in [-0.25, -0.2) is 0 Å². The first-order valence-corrected chi connectivity index (χ1v) is 7.69. The zero-order chi connectivity index (χ0) is 17.7. The number of nitrogens with zero attached hydrogens (tertiary/aromatic N) is 1. The van der Waals surface area contributed by atoms with Crippen LogP contribution in [0.4, 0.5) is 5.69 Å². The first-order chi connectivity index (χ1) is 11.5. The highest BCUT2D eigenvalue weighted by Gasteiger charge is 2.19. The molecule has 2 aromatic carbocycles. The van der Waals surface area contributed by atoms with E-state index in [0.29, 0.717) is 11.5 Å². The first-order valence-electron chi connectivity index (χ1n) is 6.90. The zero-order valence-electron chi connectivity index (χ0n) is 13.0. The van der Waals surface area contributed by atoms with Crippen LogP contribution in [0.2, 0.25) is 0 Å². The summed E-state index contributed by atoms with van der Waals surface area (Å²) in [7, 11) is 3.04. The Balaban J connectivity index is 2.20. The predicted octanol–water partition coefficient (Wildman–Crippen LogP) is 3.30. The topological polar surface area (TPSA) is 90.7 Å². The number of ether oxygens (including phenoxy) is 2. The van der Waals surface area contributed by atoms with Crippen LogP contribution in [0.1, 0.15) is 15.9 Å². The number of hydrogen-bond donors (Lipinski definition) is 1. The van der Waals surface area contributed by atoms with E-state index < -0.39 is 10.8 Å². The van der Waals surface area contributed by atoms with Crippen LogP contribution in [0.25, 0.3) is 0 Å². The molecule has 0 saturated heterocycles. The molecule has 0 aliphatic carbocycles. The zero-order valence-corrected chi connectivity index (χ0v) is 14.6. The third-order valence-corrected chi connectivity index (χ3v) is 4.08. The Hall–Kier alpha value is -2.61. The molecule has 0 saturated carbocycles. The summed E-state index contributed by atoms with van der Waals surface area (Å²) >= 11 is 3.40. The number of nitro benzene ring substituents is 1. The van der Waals surface area contributed by atoms with Crippen LogP contribution in [0, 0.1) is 10.1 Å². The Morgan fingerprint density at radius 1 is 1.21 bits per heavy atom. The van der Waals surface area contributed by atoms with Gasteiger partial charge in [0.05, 0.1) is 19.1 Å². The number of amides is 1. The Morgan fingerprint density at radius 3 is 2.46 bits per heavy atom.